The fraction of sp³-hybridized carbons (Fsp3) is 0.843. The smallest absolute Gasteiger partial charge is 0.306 e. The second-order valence-corrected chi connectivity index (χ2v) is 16.9. The fourth-order valence-corrected chi connectivity index (χ4v) is 7.44. The standard InChI is InChI=1S/C51H95NO5/c1-4-7-10-13-16-19-22-24-25-27-28-30-33-36-39-42-47(57-51(56)44-41-38-35-32-21-18-15-12-9-6-3)45-50(55)52-48(46-53)49(54)43-40-37-34-31-29-26-23-20-17-14-11-8-5-2/h16,19,24-25,28,30,47-49,53-54H,4-15,17-18,20-23,26-27,29,31-46H2,1-3H3,(H,52,55)/b19-16-,25-24-,30-28-. The number of amides is 1. The van der Waals surface area contributed by atoms with Crippen LogP contribution in [0.2, 0.25) is 0 Å². The Kier molecular flexibility index (Phi) is 43.6. The Morgan fingerprint density at radius 3 is 1.37 bits per heavy atom. The van der Waals surface area contributed by atoms with Crippen LogP contribution in [-0.4, -0.2) is 46.9 Å². The first-order chi connectivity index (χ1) is 28.0. The Labute approximate surface area is 353 Å². The summed E-state index contributed by atoms with van der Waals surface area (Å²) in [6.45, 7) is 6.43. The molecule has 0 aliphatic carbocycles. The van der Waals surface area contributed by atoms with Crippen molar-refractivity contribution in [2.24, 2.45) is 0 Å². The number of aliphatic hydroxyl groups excluding tert-OH is 2. The SMILES string of the molecule is CCCCC/C=C\C/C=C\C/C=C\CCCCC(CC(=O)NC(CO)C(O)CCCCCCCCCCCCCCC)OC(=O)CCCCCCCCCCCC. The van der Waals surface area contributed by atoms with Gasteiger partial charge in [-0.25, -0.2) is 0 Å². The van der Waals surface area contributed by atoms with Gasteiger partial charge in [0.2, 0.25) is 5.91 Å². The maximum atomic E-state index is 13.2. The second-order valence-electron chi connectivity index (χ2n) is 16.9. The summed E-state index contributed by atoms with van der Waals surface area (Å²) in [5.74, 6) is -0.506. The van der Waals surface area contributed by atoms with Crippen molar-refractivity contribution < 1.29 is 24.5 Å². The third-order valence-electron chi connectivity index (χ3n) is 11.2. The molecule has 0 aliphatic rings. The van der Waals surface area contributed by atoms with Crippen LogP contribution in [0.5, 0.6) is 0 Å². The first-order valence-electron chi connectivity index (χ1n) is 24.7. The van der Waals surface area contributed by atoms with Crippen molar-refractivity contribution in [2.45, 2.75) is 270 Å². The lowest BCUT2D eigenvalue weighted by Crippen LogP contribution is -2.46. The zero-order valence-electron chi connectivity index (χ0n) is 38.0. The van der Waals surface area contributed by atoms with E-state index in [0.717, 1.165) is 70.6 Å². The largest absolute Gasteiger partial charge is 0.462 e. The van der Waals surface area contributed by atoms with Crippen LogP contribution in [-0.2, 0) is 14.3 Å². The Hall–Kier alpha value is -1.92. The third-order valence-corrected chi connectivity index (χ3v) is 11.2. The predicted molar refractivity (Wildman–Crippen MR) is 246 cm³/mol. The Morgan fingerprint density at radius 2 is 0.895 bits per heavy atom. The summed E-state index contributed by atoms with van der Waals surface area (Å²) in [4.78, 5) is 26.0. The molecule has 0 aromatic rings. The number of allylic oxidation sites excluding steroid dienone is 6. The minimum atomic E-state index is -0.794. The Balaban J connectivity index is 4.63. The van der Waals surface area contributed by atoms with Crippen LogP contribution in [0.1, 0.15) is 252 Å². The van der Waals surface area contributed by atoms with E-state index in [0.29, 0.717) is 19.3 Å². The van der Waals surface area contributed by atoms with E-state index in [4.69, 9.17) is 4.74 Å². The van der Waals surface area contributed by atoms with Crippen molar-refractivity contribution in [3.8, 4) is 0 Å². The first-order valence-corrected chi connectivity index (χ1v) is 24.7. The number of ether oxygens (including phenoxy) is 1. The van der Waals surface area contributed by atoms with Gasteiger partial charge in [-0.1, -0.05) is 211 Å². The van der Waals surface area contributed by atoms with E-state index in [2.05, 4.69) is 62.5 Å². The number of hydrogen-bond acceptors (Lipinski definition) is 5. The maximum Gasteiger partial charge on any atom is 0.306 e. The van der Waals surface area contributed by atoms with Gasteiger partial charge in [0.1, 0.15) is 6.10 Å². The van der Waals surface area contributed by atoms with Gasteiger partial charge >= 0.3 is 5.97 Å². The van der Waals surface area contributed by atoms with Gasteiger partial charge in [-0.2, -0.15) is 0 Å². The molecule has 0 saturated heterocycles. The summed E-state index contributed by atoms with van der Waals surface area (Å²) < 4.78 is 5.89. The molecular weight excluding hydrogens is 707 g/mol. The maximum absolute atomic E-state index is 13.2. The molecule has 0 bridgehead atoms. The summed E-state index contributed by atoms with van der Waals surface area (Å²) in [5, 5.41) is 23.7. The number of nitrogens with one attached hydrogen (secondary N) is 1. The van der Waals surface area contributed by atoms with Gasteiger partial charge in [0.25, 0.3) is 0 Å². The fourth-order valence-electron chi connectivity index (χ4n) is 7.44. The van der Waals surface area contributed by atoms with Gasteiger partial charge in [-0.15, -0.1) is 0 Å². The summed E-state index contributed by atoms with van der Waals surface area (Å²) in [6, 6.07) is -0.709. The molecule has 0 fully saturated rings. The van der Waals surface area contributed by atoms with E-state index in [1.54, 1.807) is 0 Å². The molecule has 1 amide bonds. The predicted octanol–water partition coefficient (Wildman–Crippen LogP) is 14.5. The van der Waals surface area contributed by atoms with Crippen LogP contribution >= 0.6 is 0 Å². The van der Waals surface area contributed by atoms with Crippen molar-refractivity contribution in [1.29, 1.82) is 0 Å². The Bertz CT molecular complexity index is 946. The summed E-state index contributed by atoms with van der Waals surface area (Å²) >= 11 is 0. The van der Waals surface area contributed by atoms with Gasteiger partial charge < -0.3 is 20.3 Å². The lowest BCUT2D eigenvalue weighted by Gasteiger charge is -2.24. The molecule has 0 saturated carbocycles. The van der Waals surface area contributed by atoms with Crippen LogP contribution in [0, 0.1) is 0 Å². The highest BCUT2D eigenvalue weighted by atomic mass is 16.5. The van der Waals surface area contributed by atoms with Crippen LogP contribution in [0.15, 0.2) is 36.5 Å². The molecule has 0 radical (unpaired) electrons. The third kappa shape index (κ3) is 40.6. The highest BCUT2D eigenvalue weighted by molar-refractivity contribution is 5.77. The molecule has 3 atom stereocenters. The van der Waals surface area contributed by atoms with Crippen molar-refractivity contribution in [3.05, 3.63) is 36.5 Å². The van der Waals surface area contributed by atoms with Crippen LogP contribution in [0.3, 0.4) is 0 Å². The van der Waals surface area contributed by atoms with Crippen molar-refractivity contribution >= 4 is 11.9 Å². The number of aliphatic hydroxyl groups is 2. The van der Waals surface area contributed by atoms with Crippen molar-refractivity contribution in [1.82, 2.24) is 5.32 Å². The topological polar surface area (TPSA) is 95.9 Å². The van der Waals surface area contributed by atoms with E-state index in [1.165, 1.54) is 135 Å². The van der Waals surface area contributed by atoms with Crippen molar-refractivity contribution in [3.63, 3.8) is 0 Å². The zero-order valence-corrected chi connectivity index (χ0v) is 38.0. The van der Waals surface area contributed by atoms with Gasteiger partial charge in [0.15, 0.2) is 0 Å². The number of carbonyl (C=O) groups excluding carboxylic acids is 2. The molecule has 0 spiro atoms. The normalized spacial score (nSPS) is 13.6. The average molecular weight is 802 g/mol. The molecule has 0 aliphatic heterocycles. The van der Waals surface area contributed by atoms with E-state index in [-0.39, 0.29) is 24.9 Å². The second kappa shape index (κ2) is 45.2. The minimum absolute atomic E-state index is 0.0550. The van der Waals surface area contributed by atoms with Crippen LogP contribution < -0.4 is 5.32 Å². The molecule has 3 unspecified atom stereocenters. The van der Waals surface area contributed by atoms with E-state index < -0.39 is 18.2 Å². The Morgan fingerprint density at radius 1 is 0.509 bits per heavy atom. The number of carbonyl (C=O) groups is 2. The molecule has 0 rings (SSSR count). The molecule has 0 aromatic carbocycles. The van der Waals surface area contributed by atoms with E-state index >= 15 is 0 Å². The molecule has 3 N–H and O–H groups in total. The van der Waals surface area contributed by atoms with E-state index in [1.807, 2.05) is 0 Å². The first kappa shape index (κ1) is 55.1. The molecular formula is C51H95NO5. The summed E-state index contributed by atoms with van der Waals surface area (Å²) in [5.41, 5.74) is 0. The molecule has 0 heterocycles. The van der Waals surface area contributed by atoms with Crippen molar-refractivity contribution in [2.75, 3.05) is 6.61 Å². The highest BCUT2D eigenvalue weighted by Crippen LogP contribution is 2.17. The minimum Gasteiger partial charge on any atom is -0.462 e. The monoisotopic (exact) mass is 802 g/mol. The van der Waals surface area contributed by atoms with Gasteiger partial charge in [0.05, 0.1) is 25.2 Å². The number of esters is 1. The van der Waals surface area contributed by atoms with Gasteiger partial charge in [0, 0.05) is 6.42 Å². The van der Waals surface area contributed by atoms with Gasteiger partial charge in [-0.3, -0.25) is 9.59 Å². The summed E-state index contributed by atoms with van der Waals surface area (Å²) in [6.07, 6.45) is 52.0. The lowest BCUT2D eigenvalue weighted by molar-refractivity contribution is -0.151. The zero-order chi connectivity index (χ0) is 41.7. The number of hydrogen-bond donors (Lipinski definition) is 3. The molecule has 57 heavy (non-hydrogen) atoms. The number of unbranched alkanes of at least 4 members (excludes halogenated alkanes) is 26. The molecule has 6 heteroatoms. The molecule has 0 aromatic heterocycles. The van der Waals surface area contributed by atoms with Gasteiger partial charge in [-0.05, 0) is 64.2 Å². The average Bonchev–Trinajstić information content (AvgIpc) is 3.20. The molecule has 334 valence electrons. The van der Waals surface area contributed by atoms with Crippen LogP contribution in [0.25, 0.3) is 0 Å². The lowest BCUT2D eigenvalue weighted by atomic mass is 10.0. The van der Waals surface area contributed by atoms with Crippen LogP contribution in [0.4, 0.5) is 0 Å². The number of rotatable bonds is 44. The molecule has 6 nitrogen and oxygen atoms in total. The summed E-state index contributed by atoms with van der Waals surface area (Å²) in [7, 11) is 0. The highest BCUT2D eigenvalue weighted by Gasteiger charge is 2.24. The quantitative estimate of drug-likeness (QED) is 0.0324. The van der Waals surface area contributed by atoms with E-state index in [9.17, 15) is 19.8 Å².